The van der Waals surface area contributed by atoms with Crippen LogP contribution in [0.4, 0.5) is 17.3 Å². The third-order valence-electron chi connectivity index (χ3n) is 4.37. The van der Waals surface area contributed by atoms with Gasteiger partial charge in [-0.3, -0.25) is 4.79 Å². The first kappa shape index (κ1) is 20.3. The van der Waals surface area contributed by atoms with Crippen LogP contribution < -0.4 is 15.4 Å². The summed E-state index contributed by atoms with van der Waals surface area (Å²) in [6.45, 7) is 8.02. The number of aromatic nitrogens is 2. The fourth-order valence-corrected chi connectivity index (χ4v) is 2.92. The second-order valence-electron chi connectivity index (χ2n) is 7.03. The molecule has 0 aliphatic heterocycles. The molecular weight excluding hydrogens is 364 g/mol. The number of amides is 1. The van der Waals surface area contributed by atoms with Crippen LogP contribution in [0.1, 0.15) is 42.3 Å². The summed E-state index contributed by atoms with van der Waals surface area (Å²) in [6.07, 6.45) is 4.01. The molecule has 2 N–H and O–H groups in total. The SMILES string of the molecule is CCc1cccc(C)c1NC(=O)c1cnc(Nc2ccc(OC(C)C)cc2)nc1. The van der Waals surface area contributed by atoms with E-state index in [2.05, 4.69) is 27.5 Å². The summed E-state index contributed by atoms with van der Waals surface area (Å²) < 4.78 is 5.63. The minimum absolute atomic E-state index is 0.129. The van der Waals surface area contributed by atoms with Crippen molar-refractivity contribution >= 4 is 23.2 Å². The molecule has 1 amide bonds. The molecule has 0 unspecified atom stereocenters. The Labute approximate surface area is 171 Å². The van der Waals surface area contributed by atoms with Crippen molar-refractivity contribution in [3.8, 4) is 5.75 Å². The molecule has 0 bridgehead atoms. The predicted octanol–water partition coefficient (Wildman–Crippen LogP) is 5.13. The summed E-state index contributed by atoms with van der Waals surface area (Å²) >= 11 is 0. The Bertz CT molecular complexity index is 967. The number of anilines is 3. The zero-order valence-electron chi connectivity index (χ0n) is 17.2. The van der Waals surface area contributed by atoms with Gasteiger partial charge in [-0.05, 0) is 62.6 Å². The number of aryl methyl sites for hydroxylation is 2. The van der Waals surface area contributed by atoms with Crippen LogP contribution in [0.5, 0.6) is 5.75 Å². The van der Waals surface area contributed by atoms with E-state index in [0.29, 0.717) is 11.5 Å². The van der Waals surface area contributed by atoms with Gasteiger partial charge in [0.2, 0.25) is 5.95 Å². The van der Waals surface area contributed by atoms with Crippen molar-refractivity contribution in [1.29, 1.82) is 0 Å². The summed E-state index contributed by atoms with van der Waals surface area (Å²) in [6, 6.07) is 13.6. The van der Waals surface area contributed by atoms with E-state index < -0.39 is 0 Å². The first-order chi connectivity index (χ1) is 14.0. The number of nitrogens with zero attached hydrogens (tertiary/aromatic N) is 2. The molecule has 0 saturated carbocycles. The largest absolute Gasteiger partial charge is 0.491 e. The van der Waals surface area contributed by atoms with Gasteiger partial charge in [0.1, 0.15) is 5.75 Å². The van der Waals surface area contributed by atoms with Crippen molar-refractivity contribution in [2.45, 2.75) is 40.2 Å². The van der Waals surface area contributed by atoms with Crippen LogP contribution in [0.25, 0.3) is 0 Å². The highest BCUT2D eigenvalue weighted by molar-refractivity contribution is 6.04. The van der Waals surface area contributed by atoms with Gasteiger partial charge in [0.25, 0.3) is 5.91 Å². The van der Waals surface area contributed by atoms with Crippen LogP contribution in [0.15, 0.2) is 54.9 Å². The molecule has 2 aromatic carbocycles. The highest BCUT2D eigenvalue weighted by Crippen LogP contribution is 2.22. The first-order valence-electron chi connectivity index (χ1n) is 9.72. The Kier molecular flexibility index (Phi) is 6.44. The average Bonchev–Trinajstić information content (AvgIpc) is 2.71. The predicted molar refractivity (Wildman–Crippen MR) is 116 cm³/mol. The molecule has 0 atom stereocenters. The zero-order valence-corrected chi connectivity index (χ0v) is 17.2. The van der Waals surface area contributed by atoms with Crippen LogP contribution in [0.3, 0.4) is 0 Å². The van der Waals surface area contributed by atoms with Crippen molar-refractivity contribution in [1.82, 2.24) is 9.97 Å². The summed E-state index contributed by atoms with van der Waals surface area (Å²) in [5.41, 5.74) is 4.22. The number of hydrogen-bond donors (Lipinski definition) is 2. The molecule has 0 fully saturated rings. The van der Waals surface area contributed by atoms with E-state index in [-0.39, 0.29) is 12.0 Å². The molecule has 29 heavy (non-hydrogen) atoms. The molecular formula is C23H26N4O2. The first-order valence-corrected chi connectivity index (χ1v) is 9.72. The lowest BCUT2D eigenvalue weighted by atomic mass is 10.1. The van der Waals surface area contributed by atoms with E-state index in [1.807, 2.05) is 63.2 Å². The lowest BCUT2D eigenvalue weighted by molar-refractivity contribution is 0.102. The van der Waals surface area contributed by atoms with Gasteiger partial charge in [-0.25, -0.2) is 9.97 Å². The molecule has 150 valence electrons. The van der Waals surface area contributed by atoms with Gasteiger partial charge in [0.05, 0.1) is 11.7 Å². The lowest BCUT2D eigenvalue weighted by Crippen LogP contribution is -2.15. The van der Waals surface area contributed by atoms with E-state index in [1.165, 1.54) is 12.4 Å². The molecule has 6 nitrogen and oxygen atoms in total. The molecule has 0 spiro atoms. The Morgan fingerprint density at radius 2 is 1.76 bits per heavy atom. The average molecular weight is 390 g/mol. The molecule has 3 aromatic rings. The maximum atomic E-state index is 12.6. The van der Waals surface area contributed by atoms with Crippen LogP contribution in [0.2, 0.25) is 0 Å². The molecule has 1 aromatic heterocycles. The molecule has 0 aliphatic carbocycles. The summed E-state index contributed by atoms with van der Waals surface area (Å²) in [4.78, 5) is 21.1. The monoisotopic (exact) mass is 390 g/mol. The highest BCUT2D eigenvalue weighted by Gasteiger charge is 2.12. The van der Waals surface area contributed by atoms with Gasteiger partial charge < -0.3 is 15.4 Å². The van der Waals surface area contributed by atoms with Crippen molar-refractivity contribution in [2.24, 2.45) is 0 Å². The van der Waals surface area contributed by atoms with Gasteiger partial charge in [0, 0.05) is 23.8 Å². The molecule has 6 heteroatoms. The molecule has 0 radical (unpaired) electrons. The standard InChI is InChI=1S/C23H26N4O2/c1-5-17-8-6-7-16(4)21(17)27-22(28)18-13-24-23(25-14-18)26-19-9-11-20(12-10-19)29-15(2)3/h6-15H,5H2,1-4H3,(H,27,28)(H,24,25,26). The molecule has 3 rings (SSSR count). The minimum atomic E-state index is -0.226. The maximum Gasteiger partial charge on any atom is 0.258 e. The van der Waals surface area contributed by atoms with Gasteiger partial charge >= 0.3 is 0 Å². The topological polar surface area (TPSA) is 76.1 Å². The maximum absolute atomic E-state index is 12.6. The van der Waals surface area contributed by atoms with Gasteiger partial charge in [-0.2, -0.15) is 0 Å². The Morgan fingerprint density at radius 1 is 1.07 bits per heavy atom. The fourth-order valence-electron chi connectivity index (χ4n) is 2.92. The number of hydrogen-bond acceptors (Lipinski definition) is 5. The molecule has 0 saturated heterocycles. The summed E-state index contributed by atoms with van der Waals surface area (Å²) in [5.74, 6) is 1.00. The lowest BCUT2D eigenvalue weighted by Gasteiger charge is -2.13. The number of benzene rings is 2. The molecule has 0 aliphatic rings. The van der Waals surface area contributed by atoms with E-state index in [0.717, 1.165) is 34.7 Å². The number of para-hydroxylation sites is 1. The van der Waals surface area contributed by atoms with Crippen molar-refractivity contribution < 1.29 is 9.53 Å². The van der Waals surface area contributed by atoms with Gasteiger partial charge in [-0.1, -0.05) is 25.1 Å². The summed E-state index contributed by atoms with van der Waals surface area (Å²) in [5, 5.41) is 6.10. The Morgan fingerprint density at radius 3 is 2.38 bits per heavy atom. The van der Waals surface area contributed by atoms with E-state index in [1.54, 1.807) is 0 Å². The summed E-state index contributed by atoms with van der Waals surface area (Å²) in [7, 11) is 0. The van der Waals surface area contributed by atoms with Crippen LogP contribution >= 0.6 is 0 Å². The number of carbonyl (C=O) groups excluding carboxylic acids is 1. The van der Waals surface area contributed by atoms with E-state index >= 15 is 0 Å². The number of rotatable bonds is 7. The molecule has 1 heterocycles. The van der Waals surface area contributed by atoms with E-state index in [9.17, 15) is 4.79 Å². The fraction of sp³-hybridized carbons (Fsp3) is 0.261. The normalized spacial score (nSPS) is 10.7. The van der Waals surface area contributed by atoms with Crippen molar-refractivity contribution in [2.75, 3.05) is 10.6 Å². The Hall–Kier alpha value is -3.41. The Balaban J connectivity index is 1.66. The van der Waals surface area contributed by atoms with Crippen LogP contribution in [-0.4, -0.2) is 22.0 Å². The smallest absolute Gasteiger partial charge is 0.258 e. The van der Waals surface area contributed by atoms with Crippen molar-refractivity contribution in [3.63, 3.8) is 0 Å². The van der Waals surface area contributed by atoms with Crippen LogP contribution in [-0.2, 0) is 6.42 Å². The van der Waals surface area contributed by atoms with Crippen LogP contribution in [0, 0.1) is 6.92 Å². The van der Waals surface area contributed by atoms with Gasteiger partial charge in [0.15, 0.2) is 0 Å². The third kappa shape index (κ3) is 5.31. The number of nitrogens with one attached hydrogen (secondary N) is 2. The second kappa shape index (κ2) is 9.19. The third-order valence-corrected chi connectivity index (χ3v) is 4.37. The number of ether oxygens (including phenoxy) is 1. The van der Waals surface area contributed by atoms with Crippen molar-refractivity contribution in [3.05, 3.63) is 71.5 Å². The highest BCUT2D eigenvalue weighted by atomic mass is 16.5. The zero-order chi connectivity index (χ0) is 20.8. The van der Waals surface area contributed by atoms with E-state index in [4.69, 9.17) is 4.74 Å². The minimum Gasteiger partial charge on any atom is -0.491 e. The van der Waals surface area contributed by atoms with Gasteiger partial charge in [-0.15, -0.1) is 0 Å². The number of carbonyl (C=O) groups is 1. The quantitative estimate of drug-likeness (QED) is 0.585. The second-order valence-corrected chi connectivity index (χ2v) is 7.03.